The highest BCUT2D eigenvalue weighted by molar-refractivity contribution is 4.83. The predicted octanol–water partition coefficient (Wildman–Crippen LogP) is 2.82. The molecule has 1 atom stereocenters. The summed E-state index contributed by atoms with van der Waals surface area (Å²) >= 11 is 0. The number of hydrogen-bond acceptors (Lipinski definition) is 3. The van der Waals surface area contributed by atoms with Crippen molar-refractivity contribution in [2.75, 3.05) is 33.7 Å². The minimum atomic E-state index is 0.674. The van der Waals surface area contributed by atoms with Gasteiger partial charge in [-0.2, -0.15) is 0 Å². The van der Waals surface area contributed by atoms with Gasteiger partial charge >= 0.3 is 0 Å². The molecule has 1 fully saturated rings. The molecule has 0 aromatic rings. The zero-order valence-corrected chi connectivity index (χ0v) is 14.7. The fourth-order valence-corrected chi connectivity index (χ4v) is 3.51. The van der Waals surface area contributed by atoms with Crippen LogP contribution in [0.25, 0.3) is 0 Å². The van der Waals surface area contributed by atoms with Gasteiger partial charge in [-0.3, -0.25) is 0 Å². The molecule has 120 valence electrons. The molecule has 0 amide bonds. The molecule has 1 heterocycles. The molecule has 1 unspecified atom stereocenters. The number of likely N-dealkylation sites (tertiary alicyclic amines) is 1. The van der Waals surface area contributed by atoms with E-state index >= 15 is 0 Å². The Morgan fingerprint density at radius 1 is 1.10 bits per heavy atom. The van der Waals surface area contributed by atoms with Crippen LogP contribution in [0.15, 0.2) is 0 Å². The zero-order valence-electron chi connectivity index (χ0n) is 14.7. The van der Waals surface area contributed by atoms with Gasteiger partial charge in [0.1, 0.15) is 0 Å². The van der Waals surface area contributed by atoms with Gasteiger partial charge in [0.25, 0.3) is 0 Å². The second kappa shape index (κ2) is 9.01. The number of hydrogen-bond donors (Lipinski definition) is 1. The van der Waals surface area contributed by atoms with Crippen LogP contribution >= 0.6 is 0 Å². The molecule has 20 heavy (non-hydrogen) atoms. The summed E-state index contributed by atoms with van der Waals surface area (Å²) in [6, 6.07) is 2.10. The summed E-state index contributed by atoms with van der Waals surface area (Å²) in [5.74, 6) is 0.813. The van der Waals surface area contributed by atoms with Crippen molar-refractivity contribution in [2.45, 2.75) is 71.5 Å². The van der Waals surface area contributed by atoms with Gasteiger partial charge in [-0.1, -0.05) is 26.7 Å². The van der Waals surface area contributed by atoms with E-state index in [9.17, 15) is 0 Å². The first-order chi connectivity index (χ1) is 9.49. The maximum atomic E-state index is 3.84. The van der Waals surface area contributed by atoms with E-state index in [2.05, 4.69) is 56.9 Å². The quantitative estimate of drug-likeness (QED) is 0.739. The van der Waals surface area contributed by atoms with Crippen molar-refractivity contribution in [3.8, 4) is 0 Å². The minimum absolute atomic E-state index is 0.674. The van der Waals surface area contributed by atoms with Gasteiger partial charge in [-0.15, -0.1) is 0 Å². The van der Waals surface area contributed by atoms with Crippen molar-refractivity contribution in [2.24, 2.45) is 5.92 Å². The molecule has 0 bridgehead atoms. The lowest BCUT2D eigenvalue weighted by molar-refractivity contribution is 0.146. The summed E-state index contributed by atoms with van der Waals surface area (Å²) in [6.45, 7) is 12.9. The molecule has 1 N–H and O–H groups in total. The molecular formula is C17H37N3. The molecule has 1 saturated heterocycles. The lowest BCUT2D eigenvalue weighted by Gasteiger charge is -2.37. The van der Waals surface area contributed by atoms with E-state index in [1.54, 1.807) is 0 Å². The van der Waals surface area contributed by atoms with Crippen LogP contribution in [-0.4, -0.2) is 61.7 Å². The molecule has 0 radical (unpaired) electrons. The first-order valence-corrected chi connectivity index (χ1v) is 8.63. The van der Waals surface area contributed by atoms with Crippen molar-refractivity contribution in [3.63, 3.8) is 0 Å². The zero-order chi connectivity index (χ0) is 15.1. The SMILES string of the molecule is CCC(CC)C(CNC1CCN(C(C)C)CC1)N(C)C. The standard InChI is InChI=1S/C17H37N3/c1-7-15(8-2)17(19(5)6)13-18-16-9-11-20(12-10-16)14(3)4/h14-18H,7-13H2,1-6H3. The summed E-state index contributed by atoms with van der Waals surface area (Å²) < 4.78 is 0. The van der Waals surface area contributed by atoms with Gasteiger partial charge in [0.05, 0.1) is 0 Å². The van der Waals surface area contributed by atoms with Gasteiger partial charge in [-0.25, -0.2) is 0 Å². The van der Waals surface area contributed by atoms with Crippen LogP contribution in [0.4, 0.5) is 0 Å². The summed E-state index contributed by atoms with van der Waals surface area (Å²) in [5.41, 5.74) is 0. The minimum Gasteiger partial charge on any atom is -0.312 e. The highest BCUT2D eigenvalue weighted by atomic mass is 15.2. The topological polar surface area (TPSA) is 18.5 Å². The Labute approximate surface area is 127 Å². The number of piperidine rings is 1. The van der Waals surface area contributed by atoms with Crippen molar-refractivity contribution in [1.82, 2.24) is 15.1 Å². The Hall–Kier alpha value is -0.120. The van der Waals surface area contributed by atoms with E-state index in [1.165, 1.54) is 38.8 Å². The van der Waals surface area contributed by atoms with Crippen molar-refractivity contribution >= 4 is 0 Å². The molecule has 3 nitrogen and oxygen atoms in total. The molecule has 1 aliphatic rings. The Bertz CT molecular complexity index is 241. The highest BCUT2D eigenvalue weighted by Gasteiger charge is 2.24. The fraction of sp³-hybridized carbons (Fsp3) is 1.00. The third-order valence-corrected chi connectivity index (χ3v) is 5.13. The van der Waals surface area contributed by atoms with Crippen molar-refractivity contribution in [1.29, 1.82) is 0 Å². The second-order valence-electron chi connectivity index (χ2n) is 6.92. The number of rotatable bonds is 8. The lowest BCUT2D eigenvalue weighted by atomic mass is 9.92. The van der Waals surface area contributed by atoms with Gasteiger partial charge < -0.3 is 15.1 Å². The Morgan fingerprint density at radius 3 is 2.05 bits per heavy atom. The van der Waals surface area contributed by atoms with E-state index in [-0.39, 0.29) is 0 Å². The molecule has 0 aromatic heterocycles. The Kier molecular flexibility index (Phi) is 8.08. The maximum absolute atomic E-state index is 3.84. The van der Waals surface area contributed by atoms with E-state index in [4.69, 9.17) is 0 Å². The smallest absolute Gasteiger partial charge is 0.0242 e. The Morgan fingerprint density at radius 2 is 1.65 bits per heavy atom. The molecular weight excluding hydrogens is 246 g/mol. The van der Waals surface area contributed by atoms with Gasteiger partial charge in [-0.05, 0) is 59.8 Å². The normalized spacial score (nSPS) is 20.2. The van der Waals surface area contributed by atoms with Gasteiger partial charge in [0.15, 0.2) is 0 Å². The summed E-state index contributed by atoms with van der Waals surface area (Å²) in [6.07, 6.45) is 5.18. The molecule has 0 aromatic carbocycles. The third kappa shape index (κ3) is 5.34. The van der Waals surface area contributed by atoms with E-state index < -0.39 is 0 Å². The van der Waals surface area contributed by atoms with E-state index in [1.807, 2.05) is 0 Å². The molecule has 1 aliphatic heterocycles. The van der Waals surface area contributed by atoms with Crippen LogP contribution in [-0.2, 0) is 0 Å². The molecule has 0 spiro atoms. The van der Waals surface area contributed by atoms with Crippen LogP contribution in [0.3, 0.4) is 0 Å². The average molecular weight is 284 g/mol. The van der Waals surface area contributed by atoms with Crippen molar-refractivity contribution in [3.05, 3.63) is 0 Å². The van der Waals surface area contributed by atoms with E-state index in [0.29, 0.717) is 12.1 Å². The molecule has 0 saturated carbocycles. The first-order valence-electron chi connectivity index (χ1n) is 8.63. The summed E-state index contributed by atoms with van der Waals surface area (Å²) in [7, 11) is 4.46. The number of nitrogens with zero attached hydrogens (tertiary/aromatic N) is 2. The predicted molar refractivity (Wildman–Crippen MR) is 89.3 cm³/mol. The molecule has 1 rings (SSSR count). The van der Waals surface area contributed by atoms with Gasteiger partial charge in [0, 0.05) is 24.7 Å². The lowest BCUT2D eigenvalue weighted by Crippen LogP contribution is -2.50. The molecule has 3 heteroatoms. The van der Waals surface area contributed by atoms with Crippen LogP contribution in [0, 0.1) is 5.92 Å². The van der Waals surface area contributed by atoms with Crippen LogP contribution in [0.1, 0.15) is 53.4 Å². The largest absolute Gasteiger partial charge is 0.312 e. The second-order valence-corrected chi connectivity index (χ2v) is 6.92. The first kappa shape index (κ1) is 17.9. The highest BCUT2D eigenvalue weighted by Crippen LogP contribution is 2.18. The van der Waals surface area contributed by atoms with Crippen LogP contribution in [0.5, 0.6) is 0 Å². The van der Waals surface area contributed by atoms with Crippen molar-refractivity contribution < 1.29 is 0 Å². The summed E-state index contributed by atoms with van der Waals surface area (Å²) in [4.78, 5) is 5.01. The Balaban J connectivity index is 2.37. The monoisotopic (exact) mass is 283 g/mol. The maximum Gasteiger partial charge on any atom is 0.0242 e. The van der Waals surface area contributed by atoms with Crippen LogP contribution < -0.4 is 5.32 Å². The fourth-order valence-electron chi connectivity index (χ4n) is 3.51. The van der Waals surface area contributed by atoms with E-state index in [0.717, 1.165) is 18.5 Å². The number of nitrogens with one attached hydrogen (secondary N) is 1. The molecule has 0 aliphatic carbocycles. The van der Waals surface area contributed by atoms with Crippen LogP contribution in [0.2, 0.25) is 0 Å². The third-order valence-electron chi connectivity index (χ3n) is 5.13. The summed E-state index contributed by atoms with van der Waals surface area (Å²) in [5, 5.41) is 3.84. The van der Waals surface area contributed by atoms with Gasteiger partial charge in [0.2, 0.25) is 0 Å². The number of likely N-dealkylation sites (N-methyl/N-ethyl adjacent to an activating group) is 1. The average Bonchev–Trinajstić information content (AvgIpc) is 2.43.